The molecule has 0 aromatic heterocycles. The Balaban J connectivity index is 1.59. The molecule has 142 valence electrons. The lowest BCUT2D eigenvalue weighted by Gasteiger charge is -2.15. The van der Waals surface area contributed by atoms with E-state index >= 15 is 0 Å². The van der Waals surface area contributed by atoms with Gasteiger partial charge in [-0.05, 0) is 48.6 Å². The fourth-order valence-corrected chi connectivity index (χ4v) is 4.60. The first-order chi connectivity index (χ1) is 13.0. The maximum absolute atomic E-state index is 12.5. The molecule has 2 aromatic rings. The summed E-state index contributed by atoms with van der Waals surface area (Å²) in [5.41, 5.74) is 2.75. The SMILES string of the molecule is CC(=CC(=O)NCc1ccc(S(=O)(=O)N2CCCC2)cc1)c1ccccc1. The van der Waals surface area contributed by atoms with Gasteiger partial charge in [-0.1, -0.05) is 42.5 Å². The number of rotatable bonds is 6. The van der Waals surface area contributed by atoms with Crippen molar-refractivity contribution in [2.24, 2.45) is 0 Å². The number of sulfonamides is 1. The number of benzene rings is 2. The van der Waals surface area contributed by atoms with Crippen molar-refractivity contribution in [3.8, 4) is 0 Å². The van der Waals surface area contributed by atoms with Crippen molar-refractivity contribution in [1.82, 2.24) is 9.62 Å². The molecule has 0 spiro atoms. The third kappa shape index (κ3) is 4.84. The summed E-state index contributed by atoms with van der Waals surface area (Å²) in [6.45, 7) is 3.43. The number of nitrogens with zero attached hydrogens (tertiary/aromatic N) is 1. The summed E-state index contributed by atoms with van der Waals surface area (Å²) in [4.78, 5) is 12.4. The number of hydrogen-bond donors (Lipinski definition) is 1. The van der Waals surface area contributed by atoms with E-state index in [2.05, 4.69) is 5.32 Å². The van der Waals surface area contributed by atoms with Gasteiger partial charge in [0.15, 0.2) is 0 Å². The predicted molar refractivity (Wildman–Crippen MR) is 106 cm³/mol. The molecular formula is C21H24N2O3S. The third-order valence-electron chi connectivity index (χ3n) is 4.67. The summed E-state index contributed by atoms with van der Waals surface area (Å²) in [6, 6.07) is 16.4. The van der Waals surface area contributed by atoms with E-state index in [1.54, 1.807) is 30.3 Å². The van der Waals surface area contributed by atoms with Crippen molar-refractivity contribution in [1.29, 1.82) is 0 Å². The second-order valence-corrected chi connectivity index (χ2v) is 8.60. The van der Waals surface area contributed by atoms with Gasteiger partial charge in [-0.15, -0.1) is 0 Å². The van der Waals surface area contributed by atoms with E-state index in [0.29, 0.717) is 24.5 Å². The molecule has 1 saturated heterocycles. The lowest BCUT2D eigenvalue weighted by molar-refractivity contribution is -0.116. The van der Waals surface area contributed by atoms with Gasteiger partial charge in [-0.25, -0.2) is 8.42 Å². The maximum Gasteiger partial charge on any atom is 0.244 e. The molecule has 3 rings (SSSR count). The molecule has 1 amide bonds. The van der Waals surface area contributed by atoms with E-state index in [-0.39, 0.29) is 5.91 Å². The predicted octanol–water partition coefficient (Wildman–Crippen LogP) is 3.19. The average molecular weight is 385 g/mol. The van der Waals surface area contributed by atoms with E-state index in [1.807, 2.05) is 37.3 Å². The average Bonchev–Trinajstić information content (AvgIpc) is 3.23. The van der Waals surface area contributed by atoms with Crippen LogP contribution in [0.25, 0.3) is 5.57 Å². The Morgan fingerprint density at radius 3 is 2.30 bits per heavy atom. The third-order valence-corrected chi connectivity index (χ3v) is 6.58. The van der Waals surface area contributed by atoms with Crippen molar-refractivity contribution >= 4 is 21.5 Å². The smallest absolute Gasteiger partial charge is 0.244 e. The Kier molecular flexibility index (Phi) is 6.08. The molecule has 6 heteroatoms. The van der Waals surface area contributed by atoms with Gasteiger partial charge < -0.3 is 5.32 Å². The van der Waals surface area contributed by atoms with Crippen LogP contribution in [0.4, 0.5) is 0 Å². The topological polar surface area (TPSA) is 66.5 Å². The molecule has 0 saturated carbocycles. The van der Waals surface area contributed by atoms with E-state index < -0.39 is 10.0 Å². The monoisotopic (exact) mass is 384 g/mol. The Hall–Kier alpha value is -2.44. The first-order valence-corrected chi connectivity index (χ1v) is 10.5. The molecule has 2 aromatic carbocycles. The van der Waals surface area contributed by atoms with Crippen LogP contribution in [0.5, 0.6) is 0 Å². The number of hydrogen-bond acceptors (Lipinski definition) is 3. The van der Waals surface area contributed by atoms with Gasteiger partial charge in [0.2, 0.25) is 15.9 Å². The van der Waals surface area contributed by atoms with Gasteiger partial charge in [-0.2, -0.15) is 4.31 Å². The Labute approximate surface area is 160 Å². The normalized spacial score (nSPS) is 15.7. The molecule has 1 aliphatic rings. The van der Waals surface area contributed by atoms with E-state index in [4.69, 9.17) is 0 Å². The molecule has 1 aliphatic heterocycles. The van der Waals surface area contributed by atoms with E-state index in [1.165, 1.54) is 4.31 Å². The number of amides is 1. The summed E-state index contributed by atoms with van der Waals surface area (Å²) < 4.78 is 26.6. The van der Waals surface area contributed by atoms with Crippen LogP contribution in [0.3, 0.4) is 0 Å². The molecule has 1 N–H and O–H groups in total. The van der Waals surface area contributed by atoms with Crippen LogP contribution in [0.1, 0.15) is 30.9 Å². The Morgan fingerprint density at radius 1 is 1.04 bits per heavy atom. The second kappa shape index (κ2) is 8.50. The van der Waals surface area contributed by atoms with Gasteiger partial charge in [0, 0.05) is 25.7 Å². The quantitative estimate of drug-likeness (QED) is 0.778. The number of carbonyl (C=O) groups excluding carboxylic acids is 1. The van der Waals surface area contributed by atoms with Gasteiger partial charge in [-0.3, -0.25) is 4.79 Å². The van der Waals surface area contributed by atoms with Crippen molar-refractivity contribution < 1.29 is 13.2 Å². The summed E-state index contributed by atoms with van der Waals surface area (Å²) in [5.74, 6) is -0.176. The first-order valence-electron chi connectivity index (χ1n) is 9.07. The van der Waals surface area contributed by atoms with Gasteiger partial charge in [0.25, 0.3) is 0 Å². The molecule has 1 fully saturated rings. The van der Waals surface area contributed by atoms with Gasteiger partial charge in [0.05, 0.1) is 4.90 Å². The van der Waals surface area contributed by atoms with Gasteiger partial charge >= 0.3 is 0 Å². The number of allylic oxidation sites excluding steroid dienone is 1. The fourth-order valence-electron chi connectivity index (χ4n) is 3.08. The van der Waals surface area contributed by atoms with Crippen LogP contribution in [0.2, 0.25) is 0 Å². The number of carbonyl (C=O) groups is 1. The summed E-state index contributed by atoms with van der Waals surface area (Å²) in [5, 5.41) is 2.84. The first kappa shape index (κ1) is 19.3. The largest absolute Gasteiger partial charge is 0.348 e. The van der Waals surface area contributed by atoms with Gasteiger partial charge in [0.1, 0.15) is 0 Å². The molecular weight excluding hydrogens is 360 g/mol. The van der Waals surface area contributed by atoms with Crippen molar-refractivity contribution in [2.75, 3.05) is 13.1 Å². The van der Waals surface area contributed by atoms with E-state index in [0.717, 1.165) is 29.5 Å². The molecule has 0 atom stereocenters. The molecule has 0 bridgehead atoms. The standard InChI is InChI=1S/C21H24N2O3S/c1-17(19-7-3-2-4-8-19)15-21(24)22-16-18-9-11-20(12-10-18)27(25,26)23-13-5-6-14-23/h2-4,7-12,15H,5-6,13-14,16H2,1H3,(H,22,24). The lowest BCUT2D eigenvalue weighted by Crippen LogP contribution is -2.27. The minimum Gasteiger partial charge on any atom is -0.348 e. The minimum absolute atomic E-state index is 0.176. The summed E-state index contributed by atoms with van der Waals surface area (Å²) >= 11 is 0. The fraction of sp³-hybridized carbons (Fsp3) is 0.286. The van der Waals surface area contributed by atoms with Crippen LogP contribution in [0.15, 0.2) is 65.6 Å². The highest BCUT2D eigenvalue weighted by atomic mass is 32.2. The minimum atomic E-state index is -3.40. The van der Waals surface area contributed by atoms with Crippen molar-refractivity contribution in [2.45, 2.75) is 31.2 Å². The number of nitrogens with one attached hydrogen (secondary N) is 1. The van der Waals surface area contributed by atoms with Crippen LogP contribution in [-0.2, 0) is 21.4 Å². The zero-order valence-corrected chi connectivity index (χ0v) is 16.2. The van der Waals surface area contributed by atoms with Crippen molar-refractivity contribution in [3.05, 3.63) is 71.8 Å². The Morgan fingerprint density at radius 2 is 1.67 bits per heavy atom. The van der Waals surface area contributed by atoms with Crippen LogP contribution in [0, 0.1) is 0 Å². The molecule has 1 heterocycles. The zero-order valence-electron chi connectivity index (χ0n) is 15.4. The van der Waals surface area contributed by atoms with Crippen molar-refractivity contribution in [3.63, 3.8) is 0 Å². The zero-order chi connectivity index (χ0) is 19.3. The Bertz CT molecular complexity index is 914. The highest BCUT2D eigenvalue weighted by Crippen LogP contribution is 2.21. The maximum atomic E-state index is 12.5. The molecule has 5 nitrogen and oxygen atoms in total. The lowest BCUT2D eigenvalue weighted by atomic mass is 10.1. The molecule has 0 radical (unpaired) electrons. The van der Waals surface area contributed by atoms with E-state index in [9.17, 15) is 13.2 Å². The van der Waals surface area contributed by atoms with Crippen LogP contribution in [-0.4, -0.2) is 31.7 Å². The van der Waals surface area contributed by atoms with Crippen LogP contribution < -0.4 is 5.32 Å². The molecule has 0 unspecified atom stereocenters. The summed E-state index contributed by atoms with van der Waals surface area (Å²) in [6.07, 6.45) is 3.40. The highest BCUT2D eigenvalue weighted by molar-refractivity contribution is 7.89. The second-order valence-electron chi connectivity index (χ2n) is 6.67. The highest BCUT2D eigenvalue weighted by Gasteiger charge is 2.26. The molecule has 27 heavy (non-hydrogen) atoms. The van der Waals surface area contributed by atoms with Crippen LogP contribution >= 0.6 is 0 Å². The summed E-state index contributed by atoms with van der Waals surface area (Å²) in [7, 11) is -3.40. The molecule has 0 aliphatic carbocycles.